The van der Waals surface area contributed by atoms with E-state index in [9.17, 15) is 19.8 Å². The Bertz CT molecular complexity index is 506. The van der Waals surface area contributed by atoms with Crippen molar-refractivity contribution in [3.05, 3.63) is 24.0 Å². The first kappa shape index (κ1) is 21.5. The molecule has 0 saturated heterocycles. The zero-order valence-corrected chi connectivity index (χ0v) is 16.0. The van der Waals surface area contributed by atoms with Gasteiger partial charge in [-0.05, 0) is 44.1 Å². The summed E-state index contributed by atoms with van der Waals surface area (Å²) in [7, 11) is 0. The van der Waals surface area contributed by atoms with Crippen molar-refractivity contribution in [3.8, 4) is 0 Å². The molecule has 0 aromatic heterocycles. The number of allylic oxidation sites excluding steroid dienone is 4. The van der Waals surface area contributed by atoms with Crippen LogP contribution in [0.4, 0.5) is 0 Å². The van der Waals surface area contributed by atoms with E-state index in [1.807, 2.05) is 32.1 Å². The van der Waals surface area contributed by atoms with Crippen LogP contribution in [0.15, 0.2) is 24.0 Å². The highest BCUT2D eigenvalue weighted by Gasteiger charge is 2.50. The van der Waals surface area contributed by atoms with E-state index in [2.05, 4.69) is 6.92 Å². The van der Waals surface area contributed by atoms with Gasteiger partial charge in [-0.25, -0.2) is 0 Å². The zero-order chi connectivity index (χ0) is 18.9. The molecule has 0 amide bonds. The minimum absolute atomic E-state index is 0.0197. The highest BCUT2D eigenvalue weighted by atomic mass is 16.4. The first-order valence-corrected chi connectivity index (χ1v) is 9.62. The van der Waals surface area contributed by atoms with Gasteiger partial charge in [-0.2, -0.15) is 0 Å². The van der Waals surface area contributed by atoms with Crippen LogP contribution in [0.3, 0.4) is 0 Å². The van der Waals surface area contributed by atoms with Crippen LogP contribution in [0.1, 0.15) is 78.6 Å². The van der Waals surface area contributed by atoms with Crippen molar-refractivity contribution in [3.63, 3.8) is 0 Å². The molecule has 0 radical (unpaired) electrons. The van der Waals surface area contributed by atoms with Crippen molar-refractivity contribution < 1.29 is 19.8 Å². The van der Waals surface area contributed by atoms with E-state index in [0.29, 0.717) is 31.4 Å². The van der Waals surface area contributed by atoms with Crippen LogP contribution in [0, 0.1) is 17.3 Å². The van der Waals surface area contributed by atoms with Crippen molar-refractivity contribution in [2.24, 2.45) is 17.3 Å². The Balaban J connectivity index is 2.93. The Morgan fingerprint density at radius 2 is 2.04 bits per heavy atom. The topological polar surface area (TPSA) is 74.6 Å². The van der Waals surface area contributed by atoms with E-state index in [4.69, 9.17) is 0 Å². The number of Topliss-reactive ketones (excluding diaryl/α,β-unsaturated/α-hetero) is 1. The van der Waals surface area contributed by atoms with Gasteiger partial charge in [0.05, 0.1) is 5.76 Å². The lowest BCUT2D eigenvalue weighted by atomic mass is 9.66. The number of ketones is 1. The molecule has 0 heterocycles. The Morgan fingerprint density at radius 1 is 1.32 bits per heavy atom. The molecule has 0 bridgehead atoms. The number of hydrogen-bond acceptors (Lipinski definition) is 3. The summed E-state index contributed by atoms with van der Waals surface area (Å²) in [5.74, 6) is -0.724. The lowest BCUT2D eigenvalue weighted by Gasteiger charge is -2.36. The quantitative estimate of drug-likeness (QED) is 0.295. The molecule has 1 saturated carbocycles. The largest absolute Gasteiger partial charge is 0.513 e. The Hall–Kier alpha value is -1.58. The van der Waals surface area contributed by atoms with Gasteiger partial charge in [-0.3, -0.25) is 9.59 Å². The van der Waals surface area contributed by atoms with Crippen molar-refractivity contribution in [2.45, 2.75) is 78.6 Å². The molecule has 4 nitrogen and oxygen atoms in total. The van der Waals surface area contributed by atoms with E-state index in [1.165, 1.54) is 0 Å². The van der Waals surface area contributed by atoms with Gasteiger partial charge in [-0.1, -0.05) is 45.3 Å². The molecule has 1 fully saturated rings. The summed E-state index contributed by atoms with van der Waals surface area (Å²) in [5, 5.41) is 19.6. The van der Waals surface area contributed by atoms with Gasteiger partial charge in [0.25, 0.3) is 0 Å². The standard InChI is InChI=1S/C21H34O4/c1-4-6-8-9-11-18(22)14-17-12-13-19(23)21(17,3)16(10-7-5-2)15-20(24)25/h5,7,14,16-17,22H,4,6,8-13,15H2,1-3H3,(H,24,25)/b7-5?,18-14+/t16-,17?,21?/m1/s1. The average Bonchev–Trinajstić information content (AvgIpc) is 2.84. The number of carbonyl (C=O) groups excluding carboxylic acids is 1. The van der Waals surface area contributed by atoms with E-state index in [1.54, 1.807) is 0 Å². The fourth-order valence-corrected chi connectivity index (χ4v) is 3.95. The second-order valence-corrected chi connectivity index (χ2v) is 7.42. The van der Waals surface area contributed by atoms with Gasteiger partial charge >= 0.3 is 5.97 Å². The van der Waals surface area contributed by atoms with Crippen LogP contribution in [-0.2, 0) is 9.59 Å². The van der Waals surface area contributed by atoms with Crippen molar-refractivity contribution >= 4 is 11.8 Å². The van der Waals surface area contributed by atoms with Crippen LogP contribution in [0.2, 0.25) is 0 Å². The number of aliphatic hydroxyl groups excluding tert-OH is 1. The monoisotopic (exact) mass is 350 g/mol. The van der Waals surface area contributed by atoms with Crippen molar-refractivity contribution in [1.29, 1.82) is 0 Å². The predicted molar refractivity (Wildman–Crippen MR) is 100 cm³/mol. The highest BCUT2D eigenvalue weighted by molar-refractivity contribution is 5.88. The minimum atomic E-state index is -0.873. The van der Waals surface area contributed by atoms with Gasteiger partial charge in [-0.15, -0.1) is 0 Å². The molecule has 0 aromatic rings. The zero-order valence-electron chi connectivity index (χ0n) is 16.0. The number of hydrogen-bond donors (Lipinski definition) is 2. The first-order valence-electron chi connectivity index (χ1n) is 9.62. The van der Waals surface area contributed by atoms with E-state index in [0.717, 1.165) is 25.7 Å². The normalized spacial score (nSPS) is 25.6. The number of unbranched alkanes of at least 4 members (excludes halogenated alkanes) is 3. The van der Waals surface area contributed by atoms with Gasteiger partial charge in [0.15, 0.2) is 0 Å². The molecule has 3 atom stereocenters. The number of rotatable bonds is 11. The molecule has 0 aliphatic heterocycles. The number of carboxylic acid groups (broad SMARTS) is 1. The van der Waals surface area contributed by atoms with Crippen LogP contribution < -0.4 is 0 Å². The average molecular weight is 350 g/mol. The fraction of sp³-hybridized carbons (Fsp3) is 0.714. The number of aliphatic carboxylic acids is 1. The molecule has 25 heavy (non-hydrogen) atoms. The summed E-state index contributed by atoms with van der Waals surface area (Å²) in [6, 6.07) is 0. The molecule has 1 rings (SSSR count). The molecule has 4 heteroatoms. The predicted octanol–water partition coefficient (Wildman–Crippen LogP) is 5.44. The molecule has 0 aromatic carbocycles. The molecule has 1 aliphatic rings. The summed E-state index contributed by atoms with van der Waals surface area (Å²) in [4.78, 5) is 24.0. The molecule has 142 valence electrons. The third kappa shape index (κ3) is 6.02. The maximum atomic E-state index is 12.6. The fourth-order valence-electron chi connectivity index (χ4n) is 3.95. The summed E-state index contributed by atoms with van der Waals surface area (Å²) < 4.78 is 0. The maximum absolute atomic E-state index is 12.6. The van der Waals surface area contributed by atoms with Crippen LogP contribution in [0.5, 0.6) is 0 Å². The second-order valence-electron chi connectivity index (χ2n) is 7.42. The van der Waals surface area contributed by atoms with E-state index in [-0.39, 0.29) is 24.0 Å². The molecular weight excluding hydrogens is 316 g/mol. The number of carbonyl (C=O) groups is 2. The Labute approximate surface area is 152 Å². The lowest BCUT2D eigenvalue weighted by Crippen LogP contribution is -2.38. The van der Waals surface area contributed by atoms with Gasteiger partial charge in [0, 0.05) is 24.7 Å². The number of aliphatic hydroxyl groups is 1. The minimum Gasteiger partial charge on any atom is -0.513 e. The van der Waals surface area contributed by atoms with Gasteiger partial charge in [0.1, 0.15) is 5.78 Å². The molecule has 2 unspecified atom stereocenters. The van der Waals surface area contributed by atoms with Gasteiger partial charge < -0.3 is 10.2 Å². The highest BCUT2D eigenvalue weighted by Crippen LogP contribution is 2.49. The number of carboxylic acids is 1. The third-order valence-electron chi connectivity index (χ3n) is 5.66. The first-order chi connectivity index (χ1) is 11.9. The van der Waals surface area contributed by atoms with Crippen molar-refractivity contribution in [2.75, 3.05) is 0 Å². The van der Waals surface area contributed by atoms with Crippen LogP contribution in [-0.4, -0.2) is 22.0 Å². The van der Waals surface area contributed by atoms with Crippen LogP contribution in [0.25, 0.3) is 0 Å². The maximum Gasteiger partial charge on any atom is 0.303 e. The smallest absolute Gasteiger partial charge is 0.303 e. The second kappa shape index (κ2) is 10.4. The summed E-state index contributed by atoms with van der Waals surface area (Å²) >= 11 is 0. The van der Waals surface area contributed by atoms with Gasteiger partial charge in [0.2, 0.25) is 0 Å². The lowest BCUT2D eigenvalue weighted by molar-refractivity contribution is -0.140. The third-order valence-corrected chi connectivity index (χ3v) is 5.66. The van der Waals surface area contributed by atoms with E-state index < -0.39 is 11.4 Å². The molecule has 1 aliphatic carbocycles. The molecule has 0 spiro atoms. The SMILES string of the molecule is CC=CC[C@H](CC(=O)O)C1(C)C(=O)CCC1/C=C(/O)CCCCCC. The Kier molecular flexibility index (Phi) is 8.95. The van der Waals surface area contributed by atoms with E-state index >= 15 is 0 Å². The summed E-state index contributed by atoms with van der Waals surface area (Å²) in [5.41, 5.74) is -0.713. The van der Waals surface area contributed by atoms with Crippen LogP contribution >= 0.6 is 0 Å². The summed E-state index contributed by atoms with van der Waals surface area (Å²) in [6.45, 7) is 5.94. The van der Waals surface area contributed by atoms with Crippen molar-refractivity contribution in [1.82, 2.24) is 0 Å². The Morgan fingerprint density at radius 3 is 2.64 bits per heavy atom. The summed E-state index contributed by atoms with van der Waals surface area (Å²) in [6.07, 6.45) is 12.4. The molecular formula is C21H34O4. The molecule has 2 N–H and O–H groups in total.